The number of nitriles is 2. The van der Waals surface area contributed by atoms with Gasteiger partial charge in [-0.1, -0.05) is 78.9 Å². The molecule has 0 radical (unpaired) electrons. The van der Waals surface area contributed by atoms with Gasteiger partial charge in [-0.3, -0.25) is 0 Å². The molecule has 0 bridgehead atoms. The number of fused-ring (bicyclic) bond motifs is 6. The van der Waals surface area contributed by atoms with Crippen LogP contribution in [-0.2, 0) is 0 Å². The molecule has 3 aromatic heterocycles. The maximum absolute atomic E-state index is 9.78. The SMILES string of the molecule is N#Cc1cccc(-c2cccc(-c3cc(-c4ccc5c(c4)c4ccccc4n5-c4ccccc4)cc(-n4c5ccccc5c5cc(C#N)ccc54)c3)n2)c1. The lowest BCUT2D eigenvalue weighted by Gasteiger charge is -2.15. The predicted molar refractivity (Wildman–Crippen MR) is 219 cm³/mol. The first-order valence-corrected chi connectivity index (χ1v) is 17.8. The zero-order chi connectivity index (χ0) is 36.2. The van der Waals surface area contributed by atoms with E-state index in [0.717, 1.165) is 77.9 Å². The Hall–Kier alpha value is -7.73. The summed E-state index contributed by atoms with van der Waals surface area (Å²) in [5, 5.41) is 23.8. The van der Waals surface area contributed by atoms with Crippen LogP contribution in [0.25, 0.3) is 88.6 Å². The van der Waals surface area contributed by atoms with Gasteiger partial charge in [0.25, 0.3) is 0 Å². The van der Waals surface area contributed by atoms with Crippen LogP contribution < -0.4 is 0 Å². The number of rotatable bonds is 5. The minimum atomic E-state index is 0.596. The zero-order valence-corrected chi connectivity index (χ0v) is 29.0. The second kappa shape index (κ2) is 12.5. The van der Waals surface area contributed by atoms with Crippen molar-refractivity contribution in [2.24, 2.45) is 0 Å². The van der Waals surface area contributed by atoms with Gasteiger partial charge < -0.3 is 9.13 Å². The van der Waals surface area contributed by atoms with Crippen molar-refractivity contribution in [3.05, 3.63) is 187 Å². The Morgan fingerprint density at radius 2 is 0.926 bits per heavy atom. The summed E-state index contributed by atoms with van der Waals surface area (Å²) < 4.78 is 4.62. The van der Waals surface area contributed by atoms with Crippen molar-refractivity contribution < 1.29 is 0 Å². The van der Waals surface area contributed by atoms with Gasteiger partial charge in [-0.2, -0.15) is 10.5 Å². The van der Waals surface area contributed by atoms with Crippen LogP contribution in [0, 0.1) is 22.7 Å². The number of benzene rings is 7. The summed E-state index contributed by atoms with van der Waals surface area (Å²) in [6.45, 7) is 0. The Morgan fingerprint density at radius 1 is 0.352 bits per heavy atom. The van der Waals surface area contributed by atoms with E-state index in [4.69, 9.17) is 4.98 Å². The predicted octanol–water partition coefficient (Wildman–Crippen LogP) is 12.0. The molecule has 0 saturated carbocycles. The van der Waals surface area contributed by atoms with E-state index in [1.54, 1.807) is 0 Å². The van der Waals surface area contributed by atoms with Crippen LogP contribution in [0.3, 0.4) is 0 Å². The molecule has 5 heteroatoms. The molecule has 0 saturated heterocycles. The molecule has 0 N–H and O–H groups in total. The number of nitrogens with zero attached hydrogens (tertiary/aromatic N) is 5. The Labute approximate surface area is 311 Å². The molecule has 0 aliphatic carbocycles. The van der Waals surface area contributed by atoms with E-state index in [1.165, 1.54) is 10.8 Å². The summed E-state index contributed by atoms with van der Waals surface area (Å²) in [4.78, 5) is 5.16. The van der Waals surface area contributed by atoms with Crippen LogP contribution in [0.5, 0.6) is 0 Å². The number of para-hydroxylation sites is 3. The summed E-state index contributed by atoms with van der Waals surface area (Å²) in [5.74, 6) is 0. The van der Waals surface area contributed by atoms with Gasteiger partial charge in [-0.15, -0.1) is 0 Å². The summed E-state index contributed by atoms with van der Waals surface area (Å²) >= 11 is 0. The summed E-state index contributed by atoms with van der Waals surface area (Å²) in [6.07, 6.45) is 0. The third-order valence-corrected chi connectivity index (χ3v) is 10.3. The van der Waals surface area contributed by atoms with Crippen LogP contribution in [0.4, 0.5) is 0 Å². The van der Waals surface area contributed by atoms with Crippen molar-refractivity contribution in [3.63, 3.8) is 0 Å². The molecule has 10 aromatic rings. The minimum absolute atomic E-state index is 0.596. The largest absolute Gasteiger partial charge is 0.309 e. The van der Waals surface area contributed by atoms with Gasteiger partial charge in [-0.25, -0.2) is 4.98 Å². The van der Waals surface area contributed by atoms with Crippen LogP contribution >= 0.6 is 0 Å². The van der Waals surface area contributed by atoms with Gasteiger partial charge in [-0.05, 0) is 108 Å². The first-order valence-electron chi connectivity index (χ1n) is 17.8. The van der Waals surface area contributed by atoms with E-state index >= 15 is 0 Å². The number of hydrogen-bond donors (Lipinski definition) is 0. The van der Waals surface area contributed by atoms with E-state index in [0.29, 0.717) is 11.1 Å². The van der Waals surface area contributed by atoms with Gasteiger partial charge in [0.05, 0.1) is 56.7 Å². The summed E-state index contributed by atoms with van der Waals surface area (Å²) in [5.41, 5.74) is 13.4. The average molecular weight is 688 g/mol. The topological polar surface area (TPSA) is 70.3 Å². The van der Waals surface area contributed by atoms with Crippen molar-refractivity contribution in [2.45, 2.75) is 0 Å². The fourth-order valence-electron chi connectivity index (χ4n) is 7.89. The zero-order valence-electron chi connectivity index (χ0n) is 29.0. The van der Waals surface area contributed by atoms with Crippen molar-refractivity contribution in [1.29, 1.82) is 10.5 Å². The maximum atomic E-state index is 9.78. The highest BCUT2D eigenvalue weighted by molar-refractivity contribution is 6.11. The van der Waals surface area contributed by atoms with Crippen LogP contribution in [0.1, 0.15) is 11.1 Å². The second-order valence-electron chi connectivity index (χ2n) is 13.5. The lowest BCUT2D eigenvalue weighted by Crippen LogP contribution is -1.97. The highest BCUT2D eigenvalue weighted by Crippen LogP contribution is 2.39. The molecule has 0 unspecified atom stereocenters. The molecule has 10 rings (SSSR count). The molecule has 0 fully saturated rings. The molecular weight excluding hydrogens is 659 g/mol. The number of aromatic nitrogens is 3. The lowest BCUT2D eigenvalue weighted by atomic mass is 9.98. The average Bonchev–Trinajstić information content (AvgIpc) is 3.76. The smallest absolute Gasteiger partial charge is 0.0991 e. The molecule has 250 valence electrons. The monoisotopic (exact) mass is 687 g/mol. The minimum Gasteiger partial charge on any atom is -0.309 e. The molecule has 3 heterocycles. The van der Waals surface area contributed by atoms with Gasteiger partial charge in [0.1, 0.15) is 0 Å². The third kappa shape index (κ3) is 5.04. The molecule has 0 aliphatic heterocycles. The Balaban J connectivity index is 1.23. The number of hydrogen-bond acceptors (Lipinski definition) is 3. The molecule has 5 nitrogen and oxygen atoms in total. The van der Waals surface area contributed by atoms with Crippen LogP contribution in [0.2, 0.25) is 0 Å². The van der Waals surface area contributed by atoms with Crippen LogP contribution in [-0.4, -0.2) is 14.1 Å². The molecule has 0 amide bonds. The van der Waals surface area contributed by atoms with E-state index in [9.17, 15) is 10.5 Å². The third-order valence-electron chi connectivity index (χ3n) is 10.3. The molecule has 0 atom stereocenters. The first-order chi connectivity index (χ1) is 26.7. The molecule has 0 spiro atoms. The van der Waals surface area contributed by atoms with Crippen LogP contribution in [0.15, 0.2) is 176 Å². The Morgan fingerprint density at radius 3 is 1.67 bits per heavy atom. The molecule has 0 aliphatic rings. The Kier molecular flexibility index (Phi) is 7.18. The van der Waals surface area contributed by atoms with Crippen molar-refractivity contribution in [3.8, 4) is 57.2 Å². The van der Waals surface area contributed by atoms with Crippen molar-refractivity contribution in [1.82, 2.24) is 14.1 Å². The summed E-state index contributed by atoms with van der Waals surface area (Å²) in [7, 11) is 0. The fraction of sp³-hybridized carbons (Fsp3) is 0. The fourth-order valence-corrected chi connectivity index (χ4v) is 7.89. The van der Waals surface area contributed by atoms with E-state index in [-0.39, 0.29) is 0 Å². The van der Waals surface area contributed by atoms with E-state index in [1.807, 2.05) is 72.8 Å². The second-order valence-corrected chi connectivity index (χ2v) is 13.5. The quantitative estimate of drug-likeness (QED) is 0.181. The normalized spacial score (nSPS) is 11.3. The molecular formula is C49H29N5. The maximum Gasteiger partial charge on any atom is 0.0991 e. The van der Waals surface area contributed by atoms with Gasteiger partial charge in [0, 0.05) is 44.0 Å². The van der Waals surface area contributed by atoms with Gasteiger partial charge in [0.2, 0.25) is 0 Å². The number of pyridine rings is 1. The van der Waals surface area contributed by atoms with Crippen molar-refractivity contribution in [2.75, 3.05) is 0 Å². The van der Waals surface area contributed by atoms with Gasteiger partial charge >= 0.3 is 0 Å². The summed E-state index contributed by atoms with van der Waals surface area (Å²) in [6, 6.07) is 65.0. The highest BCUT2D eigenvalue weighted by Gasteiger charge is 2.18. The molecule has 54 heavy (non-hydrogen) atoms. The molecule has 7 aromatic carbocycles. The standard InChI is InChI=1S/C49H29N5/c50-30-32-10-8-11-35(24-32)44-16-9-17-45(52-44)37-26-36(27-39(28-37)54-47-19-7-4-14-40(47)42-25-33(31-51)20-22-48(42)54)34-21-23-49-43(29-34)41-15-5-6-18-46(41)53(49)38-12-2-1-3-13-38/h1-29H. The first kappa shape index (κ1) is 31.0. The van der Waals surface area contributed by atoms with E-state index in [2.05, 4.69) is 124 Å². The Bertz CT molecular complexity index is 3190. The van der Waals surface area contributed by atoms with E-state index < -0.39 is 0 Å². The van der Waals surface area contributed by atoms with Gasteiger partial charge in [0.15, 0.2) is 0 Å². The van der Waals surface area contributed by atoms with Crippen molar-refractivity contribution >= 4 is 43.6 Å². The highest BCUT2D eigenvalue weighted by atomic mass is 15.0. The lowest BCUT2D eigenvalue weighted by molar-refractivity contribution is 1.18.